The van der Waals surface area contributed by atoms with Gasteiger partial charge in [0.25, 0.3) is 11.8 Å². The van der Waals surface area contributed by atoms with Crippen LogP contribution in [0.1, 0.15) is 26.3 Å². The molecular formula is C22H20N2O3. The highest BCUT2D eigenvalue weighted by Gasteiger charge is 2.11. The molecule has 0 unspecified atom stereocenters. The van der Waals surface area contributed by atoms with Crippen LogP contribution in [0.4, 0.5) is 5.69 Å². The molecule has 0 aliphatic carbocycles. The van der Waals surface area contributed by atoms with Crippen molar-refractivity contribution in [3.05, 3.63) is 95.6 Å². The second-order valence-corrected chi connectivity index (χ2v) is 5.94. The predicted octanol–water partition coefficient (Wildman–Crippen LogP) is 3.88. The van der Waals surface area contributed by atoms with Crippen LogP contribution in [0.25, 0.3) is 0 Å². The van der Waals surface area contributed by atoms with Gasteiger partial charge in [0.2, 0.25) is 0 Å². The van der Waals surface area contributed by atoms with Gasteiger partial charge in [-0.3, -0.25) is 9.59 Å². The summed E-state index contributed by atoms with van der Waals surface area (Å²) in [6.07, 6.45) is 0. The Hall–Kier alpha value is -3.60. The van der Waals surface area contributed by atoms with Crippen molar-refractivity contribution >= 4 is 17.5 Å². The molecule has 0 heterocycles. The topological polar surface area (TPSA) is 67.4 Å². The van der Waals surface area contributed by atoms with Crippen LogP contribution in [0.3, 0.4) is 0 Å². The number of carbonyl (C=O) groups is 2. The van der Waals surface area contributed by atoms with E-state index in [1.54, 1.807) is 55.6 Å². The zero-order valence-electron chi connectivity index (χ0n) is 14.9. The largest absolute Gasteiger partial charge is 0.497 e. The highest BCUT2D eigenvalue weighted by Crippen LogP contribution is 2.18. The van der Waals surface area contributed by atoms with Gasteiger partial charge in [0.05, 0.1) is 7.11 Å². The van der Waals surface area contributed by atoms with Crippen molar-refractivity contribution in [2.24, 2.45) is 0 Å². The summed E-state index contributed by atoms with van der Waals surface area (Å²) in [6.45, 7) is 0.430. The molecule has 0 fully saturated rings. The number of hydrogen-bond acceptors (Lipinski definition) is 3. The average molecular weight is 360 g/mol. The second kappa shape index (κ2) is 8.67. The molecule has 0 saturated carbocycles. The molecule has 0 saturated heterocycles. The van der Waals surface area contributed by atoms with Crippen molar-refractivity contribution in [3.8, 4) is 5.75 Å². The van der Waals surface area contributed by atoms with E-state index in [-0.39, 0.29) is 11.8 Å². The molecule has 0 aliphatic rings. The van der Waals surface area contributed by atoms with Crippen LogP contribution in [-0.4, -0.2) is 18.9 Å². The third-order valence-corrected chi connectivity index (χ3v) is 4.01. The van der Waals surface area contributed by atoms with Crippen LogP contribution < -0.4 is 15.4 Å². The third-order valence-electron chi connectivity index (χ3n) is 4.01. The molecule has 0 bridgehead atoms. The Balaban J connectivity index is 1.66. The number of hydrogen-bond donors (Lipinski definition) is 2. The van der Waals surface area contributed by atoms with Crippen molar-refractivity contribution in [2.75, 3.05) is 12.4 Å². The number of carbonyl (C=O) groups excluding carboxylic acids is 2. The highest BCUT2D eigenvalue weighted by atomic mass is 16.5. The molecule has 5 nitrogen and oxygen atoms in total. The van der Waals surface area contributed by atoms with Gasteiger partial charge in [-0.2, -0.15) is 0 Å². The lowest BCUT2D eigenvalue weighted by atomic mass is 10.1. The molecule has 2 N–H and O–H groups in total. The molecule has 27 heavy (non-hydrogen) atoms. The summed E-state index contributed by atoms with van der Waals surface area (Å²) in [5, 5.41) is 5.67. The summed E-state index contributed by atoms with van der Waals surface area (Å²) in [7, 11) is 1.57. The van der Waals surface area contributed by atoms with E-state index < -0.39 is 0 Å². The SMILES string of the molecule is COc1cccc(NC(=O)c2cccc(C(=O)NCc3ccccc3)c2)c1. The monoisotopic (exact) mass is 360 g/mol. The molecule has 136 valence electrons. The number of amides is 2. The molecular weight excluding hydrogens is 340 g/mol. The van der Waals surface area contributed by atoms with E-state index in [0.717, 1.165) is 5.56 Å². The van der Waals surface area contributed by atoms with E-state index in [4.69, 9.17) is 4.74 Å². The number of nitrogens with one attached hydrogen (secondary N) is 2. The Kier molecular flexibility index (Phi) is 5.84. The summed E-state index contributed by atoms with van der Waals surface area (Å²) in [6, 6.07) is 23.4. The Morgan fingerprint density at radius 3 is 2.26 bits per heavy atom. The normalized spacial score (nSPS) is 10.1. The molecule has 3 aromatic rings. The average Bonchev–Trinajstić information content (AvgIpc) is 2.73. The molecule has 0 aromatic heterocycles. The standard InChI is InChI=1S/C22H20N2O3/c1-27-20-12-6-11-19(14-20)24-22(26)18-10-5-9-17(13-18)21(25)23-15-16-7-3-2-4-8-16/h2-14H,15H2,1H3,(H,23,25)(H,24,26). The first kappa shape index (κ1) is 18.2. The molecule has 3 aromatic carbocycles. The number of anilines is 1. The van der Waals surface area contributed by atoms with Crippen LogP contribution in [0.2, 0.25) is 0 Å². The number of rotatable bonds is 6. The van der Waals surface area contributed by atoms with E-state index in [1.807, 2.05) is 30.3 Å². The molecule has 0 spiro atoms. The van der Waals surface area contributed by atoms with E-state index in [0.29, 0.717) is 29.1 Å². The maximum atomic E-state index is 12.5. The van der Waals surface area contributed by atoms with Gasteiger partial charge in [0, 0.05) is 29.4 Å². The van der Waals surface area contributed by atoms with Crippen molar-refractivity contribution in [2.45, 2.75) is 6.54 Å². The van der Waals surface area contributed by atoms with Crippen LogP contribution >= 0.6 is 0 Å². The van der Waals surface area contributed by atoms with E-state index in [1.165, 1.54) is 0 Å². The maximum Gasteiger partial charge on any atom is 0.255 e. The number of benzene rings is 3. The summed E-state index contributed by atoms with van der Waals surface area (Å²) in [5.41, 5.74) is 2.48. The van der Waals surface area contributed by atoms with Gasteiger partial charge >= 0.3 is 0 Å². The predicted molar refractivity (Wildman–Crippen MR) is 105 cm³/mol. The number of methoxy groups -OCH3 is 1. The van der Waals surface area contributed by atoms with E-state index >= 15 is 0 Å². The van der Waals surface area contributed by atoms with Gasteiger partial charge in [0.1, 0.15) is 5.75 Å². The minimum atomic E-state index is -0.291. The van der Waals surface area contributed by atoms with E-state index in [9.17, 15) is 9.59 Å². The second-order valence-electron chi connectivity index (χ2n) is 5.94. The lowest BCUT2D eigenvalue weighted by Gasteiger charge is -2.09. The first-order chi connectivity index (χ1) is 13.2. The Morgan fingerprint density at radius 1 is 0.815 bits per heavy atom. The number of ether oxygens (including phenoxy) is 1. The summed E-state index contributed by atoms with van der Waals surface area (Å²) < 4.78 is 5.15. The van der Waals surface area contributed by atoms with Gasteiger partial charge in [-0.15, -0.1) is 0 Å². The maximum absolute atomic E-state index is 12.5. The molecule has 3 rings (SSSR count). The summed E-state index contributed by atoms with van der Waals surface area (Å²) >= 11 is 0. The van der Waals surface area contributed by atoms with Crippen molar-refractivity contribution < 1.29 is 14.3 Å². The Bertz CT molecular complexity index is 939. The van der Waals surface area contributed by atoms with Gasteiger partial charge < -0.3 is 15.4 Å². The molecule has 0 aliphatic heterocycles. The van der Waals surface area contributed by atoms with Crippen molar-refractivity contribution in [1.82, 2.24) is 5.32 Å². The van der Waals surface area contributed by atoms with E-state index in [2.05, 4.69) is 10.6 Å². The summed E-state index contributed by atoms with van der Waals surface area (Å²) in [5.74, 6) is 0.137. The lowest BCUT2D eigenvalue weighted by molar-refractivity contribution is 0.0951. The van der Waals surface area contributed by atoms with Gasteiger partial charge in [-0.25, -0.2) is 0 Å². The summed E-state index contributed by atoms with van der Waals surface area (Å²) in [4.78, 5) is 24.9. The zero-order valence-corrected chi connectivity index (χ0v) is 14.9. The fraction of sp³-hybridized carbons (Fsp3) is 0.0909. The third kappa shape index (κ3) is 4.95. The van der Waals surface area contributed by atoms with Gasteiger partial charge in [-0.1, -0.05) is 42.5 Å². The molecule has 0 atom stereocenters. The highest BCUT2D eigenvalue weighted by molar-refractivity contribution is 6.06. The quantitative estimate of drug-likeness (QED) is 0.701. The molecule has 0 radical (unpaired) electrons. The lowest BCUT2D eigenvalue weighted by Crippen LogP contribution is -2.23. The smallest absolute Gasteiger partial charge is 0.255 e. The first-order valence-electron chi connectivity index (χ1n) is 8.53. The van der Waals surface area contributed by atoms with Crippen LogP contribution in [0.15, 0.2) is 78.9 Å². The van der Waals surface area contributed by atoms with Gasteiger partial charge in [-0.05, 0) is 35.9 Å². The Morgan fingerprint density at radius 2 is 1.52 bits per heavy atom. The first-order valence-corrected chi connectivity index (χ1v) is 8.53. The minimum Gasteiger partial charge on any atom is -0.497 e. The van der Waals surface area contributed by atoms with Crippen LogP contribution in [0.5, 0.6) is 5.75 Å². The van der Waals surface area contributed by atoms with Crippen LogP contribution in [-0.2, 0) is 6.54 Å². The van der Waals surface area contributed by atoms with Crippen molar-refractivity contribution in [3.63, 3.8) is 0 Å². The van der Waals surface area contributed by atoms with Crippen LogP contribution in [0, 0.1) is 0 Å². The fourth-order valence-corrected chi connectivity index (χ4v) is 2.59. The zero-order chi connectivity index (χ0) is 19.1. The Labute approximate surface area is 158 Å². The van der Waals surface area contributed by atoms with Crippen molar-refractivity contribution in [1.29, 1.82) is 0 Å². The fourth-order valence-electron chi connectivity index (χ4n) is 2.59. The molecule has 5 heteroatoms. The minimum absolute atomic E-state index is 0.227. The molecule has 2 amide bonds. The van der Waals surface area contributed by atoms with Gasteiger partial charge in [0.15, 0.2) is 0 Å².